The first-order chi connectivity index (χ1) is 7.61. The highest BCUT2D eigenvalue weighted by Crippen LogP contribution is 2.30. The minimum absolute atomic E-state index is 0.942. The van der Waals surface area contributed by atoms with Gasteiger partial charge in [-0.05, 0) is 43.5 Å². The molecule has 2 rings (SSSR count). The summed E-state index contributed by atoms with van der Waals surface area (Å²) in [6.07, 6.45) is 0. The molecule has 16 heavy (non-hydrogen) atoms. The lowest BCUT2D eigenvalue weighted by molar-refractivity contribution is 1.28. The zero-order valence-electron chi connectivity index (χ0n) is 10.1. The van der Waals surface area contributed by atoms with Crippen LogP contribution < -0.4 is 5.32 Å². The van der Waals surface area contributed by atoms with E-state index in [4.69, 9.17) is 0 Å². The summed E-state index contributed by atoms with van der Waals surface area (Å²) in [5.74, 6) is 0.942. The molecule has 2 aromatic rings. The molecule has 0 radical (unpaired) electrons. The summed E-state index contributed by atoms with van der Waals surface area (Å²) in [6.45, 7) is 6.43. The minimum atomic E-state index is 0.942. The molecule has 0 unspecified atom stereocenters. The van der Waals surface area contributed by atoms with Gasteiger partial charge in [-0.15, -0.1) is 11.3 Å². The molecule has 0 atom stereocenters. The van der Waals surface area contributed by atoms with Gasteiger partial charge in [0, 0.05) is 18.0 Å². The van der Waals surface area contributed by atoms with Gasteiger partial charge in [0.25, 0.3) is 0 Å². The third-order valence-corrected chi connectivity index (χ3v) is 3.71. The molecular formula is C13H16N2S. The summed E-state index contributed by atoms with van der Waals surface area (Å²) in [4.78, 5) is 4.54. The third-order valence-electron chi connectivity index (χ3n) is 2.83. The van der Waals surface area contributed by atoms with E-state index in [1.807, 2.05) is 12.4 Å². The van der Waals surface area contributed by atoms with Crippen molar-refractivity contribution in [2.75, 3.05) is 12.4 Å². The third kappa shape index (κ3) is 1.95. The van der Waals surface area contributed by atoms with Gasteiger partial charge in [0.15, 0.2) is 0 Å². The molecule has 0 aliphatic rings. The molecule has 0 saturated heterocycles. The molecule has 2 nitrogen and oxygen atoms in total. The topological polar surface area (TPSA) is 24.9 Å². The maximum Gasteiger partial charge on any atom is 0.137 e. The van der Waals surface area contributed by atoms with Gasteiger partial charge in [-0.2, -0.15) is 0 Å². The summed E-state index contributed by atoms with van der Waals surface area (Å²) in [6, 6.07) is 4.45. The van der Waals surface area contributed by atoms with Crippen LogP contribution in [-0.2, 0) is 0 Å². The SMILES string of the molecule is CNc1csc(-c2cc(C)c(C)cc2C)n1. The smallest absolute Gasteiger partial charge is 0.137 e. The van der Waals surface area contributed by atoms with Crippen molar-refractivity contribution in [2.45, 2.75) is 20.8 Å². The quantitative estimate of drug-likeness (QED) is 0.852. The van der Waals surface area contributed by atoms with Crippen molar-refractivity contribution in [1.82, 2.24) is 4.98 Å². The second kappa shape index (κ2) is 4.26. The zero-order chi connectivity index (χ0) is 11.7. The predicted octanol–water partition coefficient (Wildman–Crippen LogP) is 3.78. The van der Waals surface area contributed by atoms with Crippen LogP contribution >= 0.6 is 11.3 Å². The first-order valence-electron chi connectivity index (χ1n) is 5.33. The maximum atomic E-state index is 4.54. The van der Waals surface area contributed by atoms with Crippen LogP contribution in [0.5, 0.6) is 0 Å². The highest BCUT2D eigenvalue weighted by Gasteiger charge is 2.08. The van der Waals surface area contributed by atoms with E-state index in [-0.39, 0.29) is 0 Å². The average molecular weight is 232 g/mol. The number of hydrogen-bond donors (Lipinski definition) is 1. The fourth-order valence-corrected chi connectivity index (χ4v) is 2.59. The summed E-state index contributed by atoms with van der Waals surface area (Å²) in [5, 5.41) is 6.20. The Labute approximate surface area is 100 Å². The number of benzene rings is 1. The molecule has 0 amide bonds. The Morgan fingerprint density at radius 1 is 1.06 bits per heavy atom. The van der Waals surface area contributed by atoms with Gasteiger partial charge in [-0.25, -0.2) is 4.98 Å². The number of aryl methyl sites for hydroxylation is 3. The lowest BCUT2D eigenvalue weighted by atomic mass is 10.0. The van der Waals surface area contributed by atoms with Crippen molar-refractivity contribution < 1.29 is 0 Å². The van der Waals surface area contributed by atoms with Gasteiger partial charge in [0.1, 0.15) is 10.8 Å². The summed E-state index contributed by atoms with van der Waals surface area (Å²) in [5.41, 5.74) is 5.20. The second-order valence-corrected chi connectivity index (χ2v) is 4.90. The molecule has 0 aliphatic heterocycles. The van der Waals surface area contributed by atoms with E-state index in [2.05, 4.69) is 43.2 Å². The van der Waals surface area contributed by atoms with Gasteiger partial charge in [-0.1, -0.05) is 6.07 Å². The molecular weight excluding hydrogens is 216 g/mol. The summed E-state index contributed by atoms with van der Waals surface area (Å²) >= 11 is 1.68. The molecule has 3 heteroatoms. The molecule has 0 fully saturated rings. The maximum absolute atomic E-state index is 4.54. The molecule has 0 bridgehead atoms. The lowest BCUT2D eigenvalue weighted by Crippen LogP contribution is -1.90. The Hall–Kier alpha value is -1.35. The van der Waals surface area contributed by atoms with E-state index < -0.39 is 0 Å². The molecule has 0 spiro atoms. The highest BCUT2D eigenvalue weighted by atomic mass is 32.1. The van der Waals surface area contributed by atoms with Crippen molar-refractivity contribution in [3.05, 3.63) is 34.2 Å². The fraction of sp³-hybridized carbons (Fsp3) is 0.308. The number of thiazole rings is 1. The second-order valence-electron chi connectivity index (χ2n) is 4.04. The van der Waals surface area contributed by atoms with Gasteiger partial charge in [0.2, 0.25) is 0 Å². The van der Waals surface area contributed by atoms with Crippen LogP contribution in [0.25, 0.3) is 10.6 Å². The number of aromatic nitrogens is 1. The molecule has 0 saturated carbocycles. The fourth-order valence-electron chi connectivity index (χ4n) is 1.70. The number of nitrogens with zero attached hydrogens (tertiary/aromatic N) is 1. The Kier molecular flexibility index (Phi) is 2.97. The van der Waals surface area contributed by atoms with Crippen molar-refractivity contribution in [1.29, 1.82) is 0 Å². The van der Waals surface area contributed by atoms with E-state index in [0.717, 1.165) is 10.8 Å². The summed E-state index contributed by atoms with van der Waals surface area (Å²) in [7, 11) is 1.89. The predicted molar refractivity (Wildman–Crippen MR) is 71.3 cm³/mol. The van der Waals surface area contributed by atoms with Crippen molar-refractivity contribution in [3.63, 3.8) is 0 Å². The first kappa shape index (κ1) is 11.1. The zero-order valence-corrected chi connectivity index (χ0v) is 10.9. The normalized spacial score (nSPS) is 10.5. The van der Waals surface area contributed by atoms with Crippen LogP contribution in [0.4, 0.5) is 5.82 Å². The van der Waals surface area contributed by atoms with Crippen LogP contribution in [0.15, 0.2) is 17.5 Å². The van der Waals surface area contributed by atoms with Gasteiger partial charge in [-0.3, -0.25) is 0 Å². The number of nitrogens with one attached hydrogen (secondary N) is 1. The van der Waals surface area contributed by atoms with Gasteiger partial charge in [0.05, 0.1) is 0 Å². The molecule has 1 N–H and O–H groups in total. The lowest BCUT2D eigenvalue weighted by Gasteiger charge is -2.07. The van der Waals surface area contributed by atoms with Gasteiger partial charge >= 0.3 is 0 Å². The number of anilines is 1. The van der Waals surface area contributed by atoms with Crippen LogP contribution in [0.1, 0.15) is 16.7 Å². The highest BCUT2D eigenvalue weighted by molar-refractivity contribution is 7.13. The van der Waals surface area contributed by atoms with Gasteiger partial charge < -0.3 is 5.32 Å². The van der Waals surface area contributed by atoms with Crippen molar-refractivity contribution in [2.24, 2.45) is 0 Å². The van der Waals surface area contributed by atoms with Crippen molar-refractivity contribution >= 4 is 17.2 Å². The van der Waals surface area contributed by atoms with E-state index in [1.165, 1.54) is 22.3 Å². The van der Waals surface area contributed by atoms with E-state index in [1.54, 1.807) is 11.3 Å². The van der Waals surface area contributed by atoms with Crippen LogP contribution in [0, 0.1) is 20.8 Å². The molecule has 1 heterocycles. The Morgan fingerprint density at radius 3 is 2.38 bits per heavy atom. The summed E-state index contributed by atoms with van der Waals surface area (Å²) < 4.78 is 0. The first-order valence-corrected chi connectivity index (χ1v) is 6.21. The van der Waals surface area contributed by atoms with Crippen LogP contribution in [0.2, 0.25) is 0 Å². The van der Waals surface area contributed by atoms with E-state index in [9.17, 15) is 0 Å². The molecule has 84 valence electrons. The molecule has 0 aliphatic carbocycles. The largest absolute Gasteiger partial charge is 0.372 e. The number of hydrogen-bond acceptors (Lipinski definition) is 3. The van der Waals surface area contributed by atoms with E-state index >= 15 is 0 Å². The van der Waals surface area contributed by atoms with Crippen LogP contribution in [0.3, 0.4) is 0 Å². The Morgan fingerprint density at radius 2 is 1.75 bits per heavy atom. The van der Waals surface area contributed by atoms with Crippen molar-refractivity contribution in [3.8, 4) is 10.6 Å². The number of rotatable bonds is 2. The van der Waals surface area contributed by atoms with E-state index in [0.29, 0.717) is 0 Å². The molecule has 1 aromatic carbocycles. The monoisotopic (exact) mass is 232 g/mol. The Balaban J connectivity index is 2.51. The average Bonchev–Trinajstić information content (AvgIpc) is 2.71. The minimum Gasteiger partial charge on any atom is -0.372 e. The standard InChI is InChI=1S/C13H16N2S/c1-8-5-10(3)11(6-9(8)2)13-15-12(14-4)7-16-13/h5-7,14H,1-4H3. The molecule has 1 aromatic heterocycles. The Bertz CT molecular complexity index is 515. The van der Waals surface area contributed by atoms with Crippen LogP contribution in [-0.4, -0.2) is 12.0 Å².